The first kappa shape index (κ1) is 27.1. The van der Waals surface area contributed by atoms with Gasteiger partial charge in [0.05, 0.1) is 6.34 Å². The summed E-state index contributed by atoms with van der Waals surface area (Å²) in [6.45, 7) is 8.82. The van der Waals surface area contributed by atoms with E-state index in [4.69, 9.17) is 15.7 Å². The number of carbonyl (C=O) groups excluding carboxylic acids is 1. The van der Waals surface area contributed by atoms with Gasteiger partial charge in [0.1, 0.15) is 6.10 Å². The van der Waals surface area contributed by atoms with Crippen LogP contribution in [0, 0.1) is 22.3 Å². The zero-order valence-electron chi connectivity index (χ0n) is 19.1. The van der Waals surface area contributed by atoms with Gasteiger partial charge in [-0.25, -0.2) is 4.99 Å². The fourth-order valence-corrected chi connectivity index (χ4v) is 5.53. The molecule has 1 heterocycles. The van der Waals surface area contributed by atoms with Crippen LogP contribution in [0.5, 0.6) is 0 Å². The first-order valence-corrected chi connectivity index (χ1v) is 13.2. The highest BCUT2D eigenvalue weighted by molar-refractivity contribution is 8.00. The second-order valence-corrected chi connectivity index (χ2v) is 12.0. The molecule has 3 N–H and O–H groups in total. The third-order valence-electron chi connectivity index (χ3n) is 5.24. The molecule has 172 valence electrons. The van der Waals surface area contributed by atoms with Crippen LogP contribution >= 0.6 is 23.5 Å². The van der Waals surface area contributed by atoms with Crippen LogP contribution in [0.2, 0.25) is 0 Å². The Morgan fingerprint density at radius 3 is 2.23 bits per heavy atom. The zero-order valence-corrected chi connectivity index (χ0v) is 20.7. The smallest absolute Gasteiger partial charge is 0.233 e. The number of epoxide rings is 1. The summed E-state index contributed by atoms with van der Waals surface area (Å²) >= 11 is 4.07. The summed E-state index contributed by atoms with van der Waals surface area (Å²) < 4.78 is 5.52. The molecule has 0 aromatic carbocycles. The van der Waals surface area contributed by atoms with E-state index in [2.05, 4.69) is 49.8 Å². The van der Waals surface area contributed by atoms with E-state index in [0.717, 1.165) is 25.0 Å². The fraction of sp³-hybridized carbons (Fsp3) is 0.864. The van der Waals surface area contributed by atoms with Crippen molar-refractivity contribution < 1.29 is 9.53 Å². The minimum absolute atomic E-state index is 0.00437. The molecule has 0 radical (unpaired) electrons. The van der Waals surface area contributed by atoms with Gasteiger partial charge >= 0.3 is 0 Å². The Bertz CT molecular complexity index is 576. The van der Waals surface area contributed by atoms with Crippen LogP contribution in [0.4, 0.5) is 0 Å². The molecule has 0 spiro atoms. The van der Waals surface area contributed by atoms with E-state index >= 15 is 0 Å². The Morgan fingerprint density at radius 2 is 1.67 bits per heavy atom. The molecular weight excluding hydrogens is 416 g/mol. The largest absolute Gasteiger partial charge is 0.390 e. The summed E-state index contributed by atoms with van der Waals surface area (Å²) in [4.78, 5) is 15.6. The number of rotatable bonds is 17. The number of hydrogen-bond donors (Lipinski definition) is 2. The lowest BCUT2D eigenvalue weighted by atomic mass is 9.83. The number of thioether (sulfide) groups is 2. The lowest BCUT2D eigenvalue weighted by molar-refractivity contribution is -0.121. The van der Waals surface area contributed by atoms with E-state index in [1.165, 1.54) is 42.9 Å². The maximum atomic E-state index is 11.5. The predicted octanol–water partition coefficient (Wildman–Crippen LogP) is 4.55. The molecule has 2 unspecified atom stereocenters. The number of nitrogens with one attached hydrogen (secondary N) is 1. The molecule has 0 bridgehead atoms. The summed E-state index contributed by atoms with van der Waals surface area (Å²) in [5.74, 6) is 4.62. The number of aliphatic imine (C=N–C) groups is 1. The van der Waals surface area contributed by atoms with E-state index in [9.17, 15) is 4.79 Å². The van der Waals surface area contributed by atoms with Gasteiger partial charge in [0.25, 0.3) is 0 Å². The highest BCUT2D eigenvalue weighted by Crippen LogP contribution is 2.38. The van der Waals surface area contributed by atoms with Gasteiger partial charge in [-0.3, -0.25) is 10.1 Å². The monoisotopic (exact) mass is 456 g/mol. The predicted molar refractivity (Wildman–Crippen MR) is 130 cm³/mol. The van der Waals surface area contributed by atoms with Crippen molar-refractivity contribution in [2.75, 3.05) is 23.0 Å². The first-order chi connectivity index (χ1) is 14.2. The highest BCUT2D eigenvalue weighted by Gasteiger charge is 2.41. The molecule has 2 atom stereocenters. The van der Waals surface area contributed by atoms with Crippen molar-refractivity contribution in [2.45, 2.75) is 85.0 Å². The maximum absolute atomic E-state index is 11.5. The molecule has 1 fully saturated rings. The first-order valence-electron chi connectivity index (χ1n) is 10.9. The lowest BCUT2D eigenvalue weighted by Crippen LogP contribution is -2.25. The number of nitrogens with two attached hydrogens (primary N) is 1. The molecule has 0 aromatic rings. The van der Waals surface area contributed by atoms with Crippen molar-refractivity contribution in [3.8, 4) is 6.19 Å². The fourth-order valence-electron chi connectivity index (χ4n) is 3.55. The van der Waals surface area contributed by atoms with Gasteiger partial charge in [0.2, 0.25) is 5.91 Å². The van der Waals surface area contributed by atoms with Crippen molar-refractivity contribution in [3.05, 3.63) is 0 Å². The Hall–Kier alpha value is -0.910. The van der Waals surface area contributed by atoms with Gasteiger partial charge in [-0.1, -0.05) is 27.7 Å². The number of ether oxygens (including phenoxy) is 1. The summed E-state index contributed by atoms with van der Waals surface area (Å²) in [6, 6.07) is 0. The van der Waals surface area contributed by atoms with Crippen molar-refractivity contribution in [2.24, 2.45) is 21.6 Å². The van der Waals surface area contributed by atoms with E-state index in [1.807, 2.05) is 11.8 Å². The molecular formula is C22H40N4O2S2. The topological polar surface area (TPSA) is 104 Å². The average molecular weight is 457 g/mol. The van der Waals surface area contributed by atoms with E-state index in [0.29, 0.717) is 11.8 Å². The molecule has 8 heteroatoms. The number of nitrogens with zero attached hydrogens (tertiary/aromatic N) is 2. The second-order valence-electron chi connectivity index (χ2n) is 9.52. The van der Waals surface area contributed by atoms with Gasteiger partial charge in [-0.15, -0.1) is 0 Å². The van der Waals surface area contributed by atoms with Crippen molar-refractivity contribution in [1.29, 1.82) is 5.26 Å². The van der Waals surface area contributed by atoms with Gasteiger partial charge in [0, 0.05) is 6.42 Å². The van der Waals surface area contributed by atoms with Crippen LogP contribution in [-0.4, -0.2) is 47.6 Å². The minimum atomic E-state index is -0.179. The zero-order chi connectivity index (χ0) is 22.5. The molecule has 1 aliphatic heterocycles. The summed E-state index contributed by atoms with van der Waals surface area (Å²) in [5.41, 5.74) is 5.56. The number of nitriles is 1. The lowest BCUT2D eigenvalue weighted by Gasteiger charge is -2.23. The molecule has 0 aliphatic carbocycles. The van der Waals surface area contributed by atoms with E-state index in [-0.39, 0.29) is 23.7 Å². The normalized spacial score (nSPS) is 19.0. The third-order valence-corrected chi connectivity index (χ3v) is 7.55. The summed E-state index contributed by atoms with van der Waals surface area (Å²) in [7, 11) is 0. The number of amides is 1. The molecule has 0 saturated carbocycles. The second kappa shape index (κ2) is 14.2. The molecule has 1 aliphatic rings. The van der Waals surface area contributed by atoms with Crippen molar-refractivity contribution in [1.82, 2.24) is 5.32 Å². The Balaban J connectivity index is 1.93. The van der Waals surface area contributed by atoms with Crippen LogP contribution in [0.25, 0.3) is 0 Å². The Labute approximate surface area is 191 Å². The molecule has 1 amide bonds. The standard InChI is InChI=1S/C22H40N4O2S2/c1-21(2,14-18-20(28-18)26-17-24)8-5-10-29-12-7-13-30-11-6-9-22(3,4)15-19(27)25-16-23/h17-18,20H,5-15H2,1-4H3,(H2,24,26)(H,25,27). The van der Waals surface area contributed by atoms with Crippen LogP contribution in [0.1, 0.15) is 72.6 Å². The van der Waals surface area contributed by atoms with Gasteiger partial charge in [-0.2, -0.15) is 28.8 Å². The van der Waals surface area contributed by atoms with Crippen LogP contribution in [0.15, 0.2) is 4.99 Å². The Morgan fingerprint density at radius 1 is 1.10 bits per heavy atom. The molecule has 1 rings (SSSR count). The van der Waals surface area contributed by atoms with Crippen LogP contribution in [0.3, 0.4) is 0 Å². The Kier molecular flexibility index (Phi) is 12.8. The molecule has 1 saturated heterocycles. The average Bonchev–Trinajstić information content (AvgIpc) is 3.36. The molecule has 30 heavy (non-hydrogen) atoms. The van der Waals surface area contributed by atoms with Crippen molar-refractivity contribution in [3.63, 3.8) is 0 Å². The van der Waals surface area contributed by atoms with Crippen LogP contribution in [-0.2, 0) is 9.53 Å². The quantitative estimate of drug-likeness (QED) is 0.0831. The maximum Gasteiger partial charge on any atom is 0.233 e. The van der Waals surface area contributed by atoms with Crippen molar-refractivity contribution >= 4 is 35.8 Å². The van der Waals surface area contributed by atoms with E-state index < -0.39 is 0 Å². The SMILES string of the molecule is CC(C)(CCCSCCCSCCCC(C)(C)CC1OC1N=CN)CC(=O)NC#N. The van der Waals surface area contributed by atoms with Gasteiger partial charge in [0.15, 0.2) is 12.4 Å². The van der Waals surface area contributed by atoms with E-state index in [1.54, 1.807) is 6.19 Å². The highest BCUT2D eigenvalue weighted by atomic mass is 32.2. The minimum Gasteiger partial charge on any atom is -0.390 e. The summed E-state index contributed by atoms with van der Waals surface area (Å²) in [6.07, 6.45) is 10.6. The number of hydrogen-bond acceptors (Lipinski definition) is 6. The third kappa shape index (κ3) is 13.4. The summed E-state index contributed by atoms with van der Waals surface area (Å²) in [5, 5.41) is 10.7. The molecule has 6 nitrogen and oxygen atoms in total. The number of carbonyl (C=O) groups is 1. The molecule has 0 aromatic heterocycles. The van der Waals surface area contributed by atoms with Gasteiger partial charge < -0.3 is 10.5 Å². The van der Waals surface area contributed by atoms with Gasteiger partial charge in [-0.05, 0) is 72.4 Å². The van der Waals surface area contributed by atoms with Crippen LogP contribution < -0.4 is 11.1 Å².